The van der Waals surface area contributed by atoms with E-state index >= 15 is 0 Å². The molecule has 0 aliphatic heterocycles. The van der Waals surface area contributed by atoms with Gasteiger partial charge in [-0.15, -0.1) is 0 Å². The van der Waals surface area contributed by atoms with Gasteiger partial charge in [-0.25, -0.2) is 0 Å². The Morgan fingerprint density at radius 2 is 2.33 bits per heavy atom. The van der Waals surface area contributed by atoms with Crippen LogP contribution in [-0.2, 0) is 0 Å². The van der Waals surface area contributed by atoms with Crippen molar-refractivity contribution in [3.63, 3.8) is 0 Å². The van der Waals surface area contributed by atoms with Crippen LogP contribution in [0.15, 0.2) is 24.9 Å². The lowest BCUT2D eigenvalue weighted by atomic mass is 10.6. The molecule has 0 spiro atoms. The second kappa shape index (κ2) is 4.76. The Kier molecular flexibility index (Phi) is 4.57. The molecule has 0 saturated heterocycles. The van der Waals surface area contributed by atoms with E-state index in [4.69, 9.17) is 0 Å². The second-order valence-electron chi connectivity index (χ2n) is 0.704. The molecule has 0 aliphatic carbocycles. The van der Waals surface area contributed by atoms with E-state index in [1.807, 2.05) is 0 Å². The number of halogens is 1. The zero-order valence-electron chi connectivity index (χ0n) is 3.32. The van der Waals surface area contributed by atoms with E-state index in [-0.39, 0.29) is 0 Å². The molecule has 0 bridgehead atoms. The van der Waals surface area contributed by atoms with E-state index in [2.05, 4.69) is 27.1 Å². The highest BCUT2D eigenvalue weighted by molar-refractivity contribution is 9.08. The standard InChI is InChI=1S/C4H6BrN/c1-2-3-4-6-5/h2-4,6H,1H2. The Morgan fingerprint density at radius 3 is 2.50 bits per heavy atom. The molecule has 1 nitrogen and oxygen atoms in total. The van der Waals surface area contributed by atoms with Crippen LogP contribution in [0.25, 0.3) is 0 Å². The van der Waals surface area contributed by atoms with Crippen molar-refractivity contribution in [2.75, 3.05) is 0 Å². The lowest BCUT2D eigenvalue weighted by molar-refractivity contribution is 1.46. The predicted molar refractivity (Wildman–Crippen MR) is 31.4 cm³/mol. The predicted octanol–water partition coefficient (Wildman–Crippen LogP) is 1.59. The number of nitrogens with one attached hydrogen (secondary N) is 1. The molecule has 0 radical (unpaired) electrons. The third-order valence-corrected chi connectivity index (χ3v) is 0.560. The van der Waals surface area contributed by atoms with Gasteiger partial charge in [-0.1, -0.05) is 12.7 Å². The van der Waals surface area contributed by atoms with Crippen molar-refractivity contribution in [2.45, 2.75) is 0 Å². The molecule has 0 amide bonds. The van der Waals surface area contributed by atoms with E-state index in [1.165, 1.54) is 0 Å². The summed E-state index contributed by atoms with van der Waals surface area (Å²) in [5, 5.41) is 0. The molecule has 0 heterocycles. The highest BCUT2D eigenvalue weighted by Crippen LogP contribution is 1.69. The van der Waals surface area contributed by atoms with Gasteiger partial charge in [0.15, 0.2) is 0 Å². The van der Waals surface area contributed by atoms with Crippen LogP contribution in [-0.4, -0.2) is 0 Å². The molecule has 6 heavy (non-hydrogen) atoms. The summed E-state index contributed by atoms with van der Waals surface area (Å²) in [7, 11) is 0. The van der Waals surface area contributed by atoms with Gasteiger partial charge in [-0.2, -0.15) is 0 Å². The van der Waals surface area contributed by atoms with Crippen LogP contribution in [0.4, 0.5) is 0 Å². The molecular weight excluding hydrogens is 142 g/mol. The maximum absolute atomic E-state index is 3.45. The maximum atomic E-state index is 3.45. The van der Waals surface area contributed by atoms with Gasteiger partial charge in [-0.3, -0.25) is 0 Å². The van der Waals surface area contributed by atoms with Crippen LogP contribution in [0.5, 0.6) is 0 Å². The van der Waals surface area contributed by atoms with Crippen LogP contribution >= 0.6 is 16.1 Å². The minimum Gasteiger partial charge on any atom is -0.329 e. The summed E-state index contributed by atoms with van der Waals surface area (Å²) < 4.78 is 2.63. The van der Waals surface area contributed by atoms with Crippen molar-refractivity contribution in [1.82, 2.24) is 4.34 Å². The fraction of sp³-hybridized carbons (Fsp3) is 0. The summed E-state index contributed by atoms with van der Waals surface area (Å²) in [4.78, 5) is 0. The van der Waals surface area contributed by atoms with Crippen LogP contribution in [0.2, 0.25) is 0 Å². The second-order valence-corrected chi connectivity index (χ2v) is 1.16. The Morgan fingerprint density at radius 1 is 1.67 bits per heavy atom. The first-order valence-electron chi connectivity index (χ1n) is 1.55. The van der Waals surface area contributed by atoms with E-state index < -0.39 is 0 Å². The first-order chi connectivity index (χ1) is 2.91. The third kappa shape index (κ3) is 3.76. The maximum Gasteiger partial charge on any atom is 0.0460 e. The van der Waals surface area contributed by atoms with Crippen LogP contribution < -0.4 is 4.34 Å². The van der Waals surface area contributed by atoms with Crippen molar-refractivity contribution >= 4 is 16.1 Å². The number of hydrogen-bond acceptors (Lipinski definition) is 1. The van der Waals surface area contributed by atoms with E-state index in [0.717, 1.165) is 0 Å². The average molecular weight is 148 g/mol. The van der Waals surface area contributed by atoms with Gasteiger partial charge in [0.2, 0.25) is 0 Å². The summed E-state index contributed by atoms with van der Waals surface area (Å²) in [6.45, 7) is 3.45. The average Bonchev–Trinajstić information content (AvgIpc) is 1.61. The molecule has 1 N–H and O–H groups in total. The van der Waals surface area contributed by atoms with Crippen molar-refractivity contribution in [3.8, 4) is 0 Å². The normalized spacial score (nSPS) is 8.83. The highest BCUT2D eigenvalue weighted by Gasteiger charge is 1.52. The van der Waals surface area contributed by atoms with E-state index in [1.54, 1.807) is 18.4 Å². The van der Waals surface area contributed by atoms with Crippen molar-refractivity contribution < 1.29 is 0 Å². The summed E-state index contributed by atoms with van der Waals surface area (Å²) in [5.74, 6) is 0. The summed E-state index contributed by atoms with van der Waals surface area (Å²) in [6.07, 6.45) is 5.20. The van der Waals surface area contributed by atoms with Crippen molar-refractivity contribution in [1.29, 1.82) is 0 Å². The molecule has 2 heteroatoms. The van der Waals surface area contributed by atoms with E-state index in [9.17, 15) is 0 Å². The fourth-order valence-electron chi connectivity index (χ4n) is 0.104. The van der Waals surface area contributed by atoms with Crippen LogP contribution in [0, 0.1) is 0 Å². The zero-order chi connectivity index (χ0) is 4.83. The third-order valence-electron chi connectivity index (χ3n) is 0.295. The number of allylic oxidation sites excluding steroid dienone is 2. The smallest absolute Gasteiger partial charge is 0.0460 e. The summed E-state index contributed by atoms with van der Waals surface area (Å²) in [6, 6.07) is 0. The fourth-order valence-corrected chi connectivity index (χ4v) is 0.257. The van der Waals surface area contributed by atoms with Gasteiger partial charge >= 0.3 is 0 Å². The molecule has 0 aromatic rings. The van der Waals surface area contributed by atoms with Gasteiger partial charge < -0.3 is 4.34 Å². The molecule has 0 saturated carbocycles. The summed E-state index contributed by atoms with van der Waals surface area (Å²) >= 11 is 2.97. The van der Waals surface area contributed by atoms with Gasteiger partial charge in [0.25, 0.3) is 0 Å². The minimum absolute atomic E-state index is 1.69. The first-order valence-corrected chi connectivity index (χ1v) is 2.35. The largest absolute Gasteiger partial charge is 0.329 e. The molecule has 0 aliphatic rings. The lowest BCUT2D eigenvalue weighted by Crippen LogP contribution is -1.75. The lowest BCUT2D eigenvalue weighted by Gasteiger charge is -1.73. The van der Waals surface area contributed by atoms with E-state index in [0.29, 0.717) is 0 Å². The summed E-state index contributed by atoms with van der Waals surface area (Å²) in [5.41, 5.74) is 0. The molecule has 0 rings (SSSR count). The molecule has 0 aromatic heterocycles. The Bertz CT molecular complexity index is 58.6. The van der Waals surface area contributed by atoms with Gasteiger partial charge in [0, 0.05) is 22.3 Å². The Labute approximate surface area is 46.1 Å². The molecule has 34 valence electrons. The van der Waals surface area contributed by atoms with Crippen molar-refractivity contribution in [2.24, 2.45) is 0 Å². The molecule has 0 unspecified atom stereocenters. The monoisotopic (exact) mass is 147 g/mol. The molecular formula is C4H6BrN. The molecule has 0 fully saturated rings. The zero-order valence-corrected chi connectivity index (χ0v) is 4.90. The van der Waals surface area contributed by atoms with Gasteiger partial charge in [-0.05, 0) is 6.08 Å². The molecule has 0 atom stereocenters. The minimum atomic E-state index is 1.69. The Hall–Kier alpha value is -0.240. The first kappa shape index (κ1) is 5.76. The molecule has 0 aromatic carbocycles. The Balaban J connectivity index is 2.94. The quantitative estimate of drug-likeness (QED) is 0.463. The SMILES string of the molecule is C=CC=CNBr. The number of rotatable bonds is 2. The topological polar surface area (TPSA) is 12.0 Å². The number of hydrogen-bond donors (Lipinski definition) is 1. The van der Waals surface area contributed by atoms with Crippen LogP contribution in [0.3, 0.4) is 0 Å². The van der Waals surface area contributed by atoms with Crippen molar-refractivity contribution in [3.05, 3.63) is 24.9 Å². The van der Waals surface area contributed by atoms with Crippen LogP contribution in [0.1, 0.15) is 0 Å². The van der Waals surface area contributed by atoms with Gasteiger partial charge in [0.1, 0.15) is 0 Å². The van der Waals surface area contributed by atoms with Gasteiger partial charge in [0.05, 0.1) is 0 Å². The highest BCUT2D eigenvalue weighted by atomic mass is 79.9.